The van der Waals surface area contributed by atoms with E-state index in [0.717, 1.165) is 4.90 Å². The van der Waals surface area contributed by atoms with E-state index in [4.69, 9.17) is 9.15 Å². The van der Waals surface area contributed by atoms with Crippen LogP contribution in [0.15, 0.2) is 52.0 Å². The van der Waals surface area contributed by atoms with Gasteiger partial charge in [-0.15, -0.1) is 11.8 Å². The highest BCUT2D eigenvalue weighted by molar-refractivity contribution is 7.98. The summed E-state index contributed by atoms with van der Waals surface area (Å²) >= 11 is 1.57. The van der Waals surface area contributed by atoms with Gasteiger partial charge in [0.15, 0.2) is 12.4 Å². The molecule has 0 saturated carbocycles. The molecule has 2 N–H and O–H groups in total. The number of rotatable bonds is 9. The van der Waals surface area contributed by atoms with Crippen LogP contribution in [-0.2, 0) is 20.9 Å². The number of hydrogen-bond acceptors (Lipinski definition) is 7. The Morgan fingerprint density at radius 2 is 1.82 bits per heavy atom. The Bertz CT molecular complexity index is 817. The summed E-state index contributed by atoms with van der Waals surface area (Å²) in [6.07, 6.45) is 3.22. The molecule has 2 aromatic rings. The van der Waals surface area contributed by atoms with Crippen LogP contribution in [-0.4, -0.2) is 36.6 Å². The Balaban J connectivity index is 1.63. The van der Waals surface area contributed by atoms with Crippen LogP contribution in [0, 0.1) is 0 Å². The zero-order chi connectivity index (χ0) is 20.4. The monoisotopic (exact) mass is 404 g/mol. The standard InChI is InChI=1S/C19H20N2O6S/c1-28-15-6-4-13(5-7-15)16(22)8-9-18(24)27-12-17(23)21-19(25)20-11-14-3-2-10-26-14/h2-7,10H,8-9,11-12H2,1H3,(H2,20,21,23,25). The molecule has 0 spiro atoms. The van der Waals surface area contributed by atoms with Crippen molar-refractivity contribution in [2.24, 2.45) is 0 Å². The summed E-state index contributed by atoms with van der Waals surface area (Å²) in [7, 11) is 0. The molecule has 9 heteroatoms. The lowest BCUT2D eigenvalue weighted by Crippen LogP contribution is -2.41. The van der Waals surface area contributed by atoms with E-state index in [-0.39, 0.29) is 25.2 Å². The molecule has 0 unspecified atom stereocenters. The SMILES string of the molecule is CSc1ccc(C(=O)CCC(=O)OCC(=O)NC(=O)NCc2ccco2)cc1. The van der Waals surface area contributed by atoms with Gasteiger partial charge in [0, 0.05) is 16.9 Å². The van der Waals surface area contributed by atoms with Crippen LogP contribution in [0.25, 0.3) is 0 Å². The fourth-order valence-corrected chi connectivity index (χ4v) is 2.55. The molecule has 8 nitrogen and oxygen atoms in total. The van der Waals surface area contributed by atoms with Crippen molar-refractivity contribution >= 4 is 35.5 Å². The molecule has 0 aliphatic rings. The molecule has 0 aliphatic carbocycles. The number of nitrogens with one attached hydrogen (secondary N) is 2. The molecule has 0 fully saturated rings. The molecular weight excluding hydrogens is 384 g/mol. The first-order valence-electron chi connectivity index (χ1n) is 8.41. The van der Waals surface area contributed by atoms with E-state index in [1.807, 2.05) is 23.7 Å². The van der Waals surface area contributed by atoms with E-state index in [1.165, 1.54) is 6.26 Å². The topological polar surface area (TPSA) is 115 Å². The molecule has 0 saturated heterocycles. The second-order valence-electron chi connectivity index (χ2n) is 5.62. The van der Waals surface area contributed by atoms with Crippen LogP contribution in [0.3, 0.4) is 0 Å². The quantitative estimate of drug-likeness (QED) is 0.375. The molecule has 1 aromatic carbocycles. The van der Waals surface area contributed by atoms with E-state index in [2.05, 4.69) is 5.32 Å². The normalized spacial score (nSPS) is 10.2. The lowest BCUT2D eigenvalue weighted by molar-refractivity contribution is -0.148. The van der Waals surface area contributed by atoms with Crippen molar-refractivity contribution in [3.05, 3.63) is 54.0 Å². The summed E-state index contributed by atoms with van der Waals surface area (Å²) in [6.45, 7) is -0.491. The Kier molecular flexibility index (Phi) is 8.29. The fraction of sp³-hybridized carbons (Fsp3) is 0.263. The number of benzene rings is 1. The van der Waals surface area contributed by atoms with Gasteiger partial charge in [-0.2, -0.15) is 0 Å². The third kappa shape index (κ3) is 7.28. The maximum absolute atomic E-state index is 12.0. The van der Waals surface area contributed by atoms with E-state index in [9.17, 15) is 19.2 Å². The molecule has 28 heavy (non-hydrogen) atoms. The van der Waals surface area contributed by atoms with Gasteiger partial charge in [-0.1, -0.05) is 12.1 Å². The summed E-state index contributed by atoms with van der Waals surface area (Å²) < 4.78 is 9.80. The summed E-state index contributed by atoms with van der Waals surface area (Å²) in [6, 6.07) is 9.67. The van der Waals surface area contributed by atoms with Crippen LogP contribution < -0.4 is 10.6 Å². The molecule has 2 rings (SSSR count). The molecular formula is C19H20N2O6S. The second kappa shape index (κ2) is 10.9. The predicted octanol–water partition coefficient (Wildman–Crippen LogP) is 2.53. The summed E-state index contributed by atoms with van der Waals surface area (Å²) in [5.74, 6) is -1.13. The van der Waals surface area contributed by atoms with Gasteiger partial charge in [0.2, 0.25) is 0 Å². The molecule has 0 bridgehead atoms. The molecule has 3 amide bonds. The van der Waals surface area contributed by atoms with Crippen molar-refractivity contribution < 1.29 is 28.3 Å². The first-order valence-corrected chi connectivity index (χ1v) is 9.63. The zero-order valence-electron chi connectivity index (χ0n) is 15.2. The number of hydrogen-bond donors (Lipinski definition) is 2. The zero-order valence-corrected chi connectivity index (χ0v) is 16.0. The minimum Gasteiger partial charge on any atom is -0.467 e. The number of urea groups is 1. The van der Waals surface area contributed by atoms with Crippen molar-refractivity contribution in [2.45, 2.75) is 24.3 Å². The maximum Gasteiger partial charge on any atom is 0.321 e. The number of amides is 3. The first-order chi connectivity index (χ1) is 13.5. The van der Waals surface area contributed by atoms with Crippen molar-refractivity contribution in [1.82, 2.24) is 10.6 Å². The highest BCUT2D eigenvalue weighted by Crippen LogP contribution is 2.16. The van der Waals surface area contributed by atoms with Crippen LogP contribution in [0.4, 0.5) is 4.79 Å². The Morgan fingerprint density at radius 1 is 1.07 bits per heavy atom. The van der Waals surface area contributed by atoms with Crippen molar-refractivity contribution in [3.63, 3.8) is 0 Å². The molecule has 0 aliphatic heterocycles. The number of ether oxygens (including phenoxy) is 1. The van der Waals surface area contributed by atoms with Gasteiger partial charge < -0.3 is 14.5 Å². The van der Waals surface area contributed by atoms with Gasteiger partial charge >= 0.3 is 12.0 Å². The average molecular weight is 404 g/mol. The van der Waals surface area contributed by atoms with Gasteiger partial charge in [0.25, 0.3) is 5.91 Å². The average Bonchev–Trinajstić information content (AvgIpc) is 3.22. The van der Waals surface area contributed by atoms with Crippen LogP contribution >= 0.6 is 11.8 Å². The number of furan rings is 1. The third-order valence-corrected chi connectivity index (χ3v) is 4.33. The van der Waals surface area contributed by atoms with Gasteiger partial charge in [-0.3, -0.25) is 19.7 Å². The van der Waals surface area contributed by atoms with Crippen molar-refractivity contribution in [3.8, 4) is 0 Å². The number of imide groups is 1. The maximum atomic E-state index is 12.0. The Hall–Kier alpha value is -3.07. The van der Waals surface area contributed by atoms with Crippen LogP contribution in [0.2, 0.25) is 0 Å². The van der Waals surface area contributed by atoms with Crippen molar-refractivity contribution in [1.29, 1.82) is 0 Å². The lowest BCUT2D eigenvalue weighted by atomic mass is 10.1. The minimum atomic E-state index is -0.774. The van der Waals surface area contributed by atoms with Crippen LogP contribution in [0.5, 0.6) is 0 Å². The number of carbonyl (C=O) groups excluding carboxylic acids is 4. The van der Waals surface area contributed by atoms with Gasteiger partial charge in [-0.05, 0) is 30.5 Å². The third-order valence-electron chi connectivity index (χ3n) is 3.59. The molecule has 0 radical (unpaired) electrons. The number of esters is 1. The molecule has 148 valence electrons. The number of Topliss-reactive ketones (excluding diaryl/α,β-unsaturated/α-hetero) is 1. The number of thioether (sulfide) groups is 1. The Labute approximate surface area is 166 Å². The molecule has 1 heterocycles. The van der Waals surface area contributed by atoms with Gasteiger partial charge in [0.05, 0.1) is 19.2 Å². The largest absolute Gasteiger partial charge is 0.467 e. The minimum absolute atomic E-state index is 0.0251. The van der Waals surface area contributed by atoms with E-state index in [1.54, 1.807) is 36.0 Å². The molecule has 1 aromatic heterocycles. The lowest BCUT2D eigenvalue weighted by Gasteiger charge is -2.07. The van der Waals surface area contributed by atoms with E-state index >= 15 is 0 Å². The fourth-order valence-electron chi connectivity index (χ4n) is 2.14. The second-order valence-corrected chi connectivity index (χ2v) is 6.50. The number of ketones is 1. The van der Waals surface area contributed by atoms with E-state index in [0.29, 0.717) is 11.3 Å². The van der Waals surface area contributed by atoms with E-state index < -0.39 is 24.5 Å². The number of carbonyl (C=O) groups is 4. The summed E-state index contributed by atoms with van der Waals surface area (Å²) in [4.78, 5) is 47.9. The highest BCUT2D eigenvalue weighted by Gasteiger charge is 2.13. The summed E-state index contributed by atoms with van der Waals surface area (Å²) in [5.41, 5.74) is 0.511. The van der Waals surface area contributed by atoms with Gasteiger partial charge in [-0.25, -0.2) is 4.79 Å². The highest BCUT2D eigenvalue weighted by atomic mass is 32.2. The Morgan fingerprint density at radius 3 is 2.46 bits per heavy atom. The first kappa shape index (κ1) is 21.2. The smallest absolute Gasteiger partial charge is 0.321 e. The predicted molar refractivity (Wildman–Crippen MR) is 102 cm³/mol. The molecule has 0 atom stereocenters. The van der Waals surface area contributed by atoms with Crippen molar-refractivity contribution in [2.75, 3.05) is 12.9 Å². The van der Waals surface area contributed by atoms with Crippen LogP contribution in [0.1, 0.15) is 29.0 Å². The summed E-state index contributed by atoms with van der Waals surface area (Å²) in [5, 5.41) is 4.44. The van der Waals surface area contributed by atoms with Gasteiger partial charge in [0.1, 0.15) is 5.76 Å².